The molecule has 1 fully saturated rings. The molecule has 0 aliphatic heterocycles. The van der Waals surface area contributed by atoms with Crippen LogP contribution in [0.1, 0.15) is 43.7 Å². The van der Waals surface area contributed by atoms with E-state index < -0.39 is 0 Å². The number of hydrogen-bond acceptors (Lipinski definition) is 2. The number of hydrogen-bond donors (Lipinski definition) is 2. The van der Waals surface area contributed by atoms with Crippen LogP contribution in [-0.2, 0) is 4.79 Å². The topological polar surface area (TPSA) is 41.1 Å². The maximum Gasteiger partial charge on any atom is 0.220 e. The molecule has 1 unspecified atom stereocenters. The summed E-state index contributed by atoms with van der Waals surface area (Å²) in [6.07, 6.45) is 5.27. The first-order chi connectivity index (χ1) is 9.31. The van der Waals surface area contributed by atoms with Gasteiger partial charge in [0, 0.05) is 6.42 Å². The standard InChI is InChI=1S/C16H24N2O.ClH/c1-17-12-6-11-15(19)18-16(14-9-5-10-14)13-7-3-2-4-8-13;/h2-4,7-8,14,16-17H,5-6,9-12H2,1H3,(H,18,19);1H. The van der Waals surface area contributed by atoms with Gasteiger partial charge in [0.15, 0.2) is 0 Å². The molecule has 2 rings (SSSR count). The van der Waals surface area contributed by atoms with Crippen LogP contribution in [0.25, 0.3) is 0 Å². The Morgan fingerprint density at radius 1 is 1.30 bits per heavy atom. The third-order valence-electron chi connectivity index (χ3n) is 3.93. The van der Waals surface area contributed by atoms with Crippen molar-refractivity contribution in [1.29, 1.82) is 0 Å². The van der Waals surface area contributed by atoms with Crippen LogP contribution in [0, 0.1) is 5.92 Å². The van der Waals surface area contributed by atoms with E-state index in [0.717, 1.165) is 13.0 Å². The number of carbonyl (C=O) groups is 1. The molecule has 1 amide bonds. The van der Waals surface area contributed by atoms with Gasteiger partial charge in [-0.2, -0.15) is 0 Å². The molecule has 1 aliphatic rings. The molecular formula is C16H25ClN2O. The van der Waals surface area contributed by atoms with Crippen LogP contribution in [0.15, 0.2) is 30.3 Å². The molecule has 4 heteroatoms. The van der Waals surface area contributed by atoms with E-state index in [2.05, 4.69) is 22.8 Å². The molecule has 1 saturated carbocycles. The van der Waals surface area contributed by atoms with Gasteiger partial charge in [-0.15, -0.1) is 12.4 Å². The smallest absolute Gasteiger partial charge is 0.220 e. The summed E-state index contributed by atoms with van der Waals surface area (Å²) >= 11 is 0. The number of amides is 1. The van der Waals surface area contributed by atoms with Crippen LogP contribution in [-0.4, -0.2) is 19.5 Å². The fourth-order valence-electron chi connectivity index (χ4n) is 2.58. The minimum absolute atomic E-state index is 0. The van der Waals surface area contributed by atoms with Crippen LogP contribution in [0.5, 0.6) is 0 Å². The average Bonchev–Trinajstić information content (AvgIpc) is 2.37. The van der Waals surface area contributed by atoms with Crippen LogP contribution in [0.4, 0.5) is 0 Å². The molecular weight excluding hydrogens is 272 g/mol. The summed E-state index contributed by atoms with van der Waals surface area (Å²) in [5.74, 6) is 0.798. The minimum atomic E-state index is 0. The van der Waals surface area contributed by atoms with Gasteiger partial charge in [-0.05, 0) is 44.3 Å². The maximum atomic E-state index is 12.0. The molecule has 0 saturated heterocycles. The predicted molar refractivity (Wildman–Crippen MR) is 85.1 cm³/mol. The molecule has 1 aromatic rings. The summed E-state index contributed by atoms with van der Waals surface area (Å²) in [5, 5.41) is 6.30. The number of nitrogens with one attached hydrogen (secondary N) is 2. The lowest BCUT2D eigenvalue weighted by Gasteiger charge is -2.34. The van der Waals surface area contributed by atoms with E-state index >= 15 is 0 Å². The quantitative estimate of drug-likeness (QED) is 0.759. The molecule has 0 heterocycles. The Morgan fingerprint density at radius 2 is 2.00 bits per heavy atom. The summed E-state index contributed by atoms with van der Waals surface area (Å²) in [6, 6.07) is 10.6. The number of carbonyl (C=O) groups excluding carboxylic acids is 1. The molecule has 0 bridgehead atoms. The zero-order valence-electron chi connectivity index (χ0n) is 12.1. The SMILES string of the molecule is CNCCCC(=O)NC(c1ccccc1)C1CCC1.Cl. The predicted octanol–water partition coefficient (Wildman–Crippen LogP) is 3.07. The summed E-state index contributed by atoms with van der Waals surface area (Å²) in [4.78, 5) is 12.0. The Hall–Kier alpha value is -1.06. The van der Waals surface area contributed by atoms with Gasteiger partial charge in [-0.25, -0.2) is 0 Å². The summed E-state index contributed by atoms with van der Waals surface area (Å²) < 4.78 is 0. The Labute approximate surface area is 127 Å². The van der Waals surface area contributed by atoms with Crippen molar-refractivity contribution >= 4 is 18.3 Å². The maximum absolute atomic E-state index is 12.0. The van der Waals surface area contributed by atoms with Gasteiger partial charge in [-0.1, -0.05) is 36.8 Å². The molecule has 1 atom stereocenters. The second-order valence-electron chi connectivity index (χ2n) is 5.35. The molecule has 2 N–H and O–H groups in total. The van der Waals surface area contributed by atoms with Crippen molar-refractivity contribution in [3.63, 3.8) is 0 Å². The van der Waals surface area contributed by atoms with E-state index in [0.29, 0.717) is 12.3 Å². The van der Waals surface area contributed by atoms with Gasteiger partial charge in [0.2, 0.25) is 5.91 Å². The van der Waals surface area contributed by atoms with Crippen LogP contribution in [0.2, 0.25) is 0 Å². The highest BCUT2D eigenvalue weighted by Gasteiger charge is 2.29. The Bertz CT molecular complexity index is 393. The van der Waals surface area contributed by atoms with E-state index in [1.54, 1.807) is 0 Å². The van der Waals surface area contributed by atoms with Gasteiger partial charge >= 0.3 is 0 Å². The lowest BCUT2D eigenvalue weighted by atomic mass is 9.77. The first-order valence-electron chi connectivity index (χ1n) is 7.30. The lowest BCUT2D eigenvalue weighted by molar-refractivity contribution is -0.122. The van der Waals surface area contributed by atoms with E-state index in [-0.39, 0.29) is 24.4 Å². The highest BCUT2D eigenvalue weighted by Crippen LogP contribution is 2.37. The molecule has 1 aliphatic carbocycles. The minimum Gasteiger partial charge on any atom is -0.349 e. The first kappa shape index (κ1) is 17.0. The van der Waals surface area contributed by atoms with E-state index in [1.807, 2.05) is 25.2 Å². The monoisotopic (exact) mass is 296 g/mol. The fraction of sp³-hybridized carbons (Fsp3) is 0.562. The highest BCUT2D eigenvalue weighted by atomic mass is 35.5. The van der Waals surface area contributed by atoms with Crippen molar-refractivity contribution in [3.8, 4) is 0 Å². The summed E-state index contributed by atoms with van der Waals surface area (Å²) in [6.45, 7) is 0.896. The van der Waals surface area contributed by atoms with Gasteiger partial charge in [0.25, 0.3) is 0 Å². The van der Waals surface area contributed by atoms with Crippen molar-refractivity contribution in [1.82, 2.24) is 10.6 Å². The van der Waals surface area contributed by atoms with Crippen LogP contribution in [0.3, 0.4) is 0 Å². The number of rotatable bonds is 7. The Kier molecular flexibility index (Phi) is 7.63. The van der Waals surface area contributed by atoms with Crippen LogP contribution < -0.4 is 10.6 Å². The van der Waals surface area contributed by atoms with Crippen molar-refractivity contribution in [3.05, 3.63) is 35.9 Å². The van der Waals surface area contributed by atoms with Crippen molar-refractivity contribution in [2.45, 2.75) is 38.1 Å². The van der Waals surface area contributed by atoms with Crippen molar-refractivity contribution in [2.24, 2.45) is 5.92 Å². The van der Waals surface area contributed by atoms with Gasteiger partial charge in [0.1, 0.15) is 0 Å². The second kappa shape index (κ2) is 8.98. The third kappa shape index (κ3) is 4.80. The fourth-order valence-corrected chi connectivity index (χ4v) is 2.58. The molecule has 112 valence electrons. The normalized spacial score (nSPS) is 15.8. The third-order valence-corrected chi connectivity index (χ3v) is 3.93. The van der Waals surface area contributed by atoms with Crippen molar-refractivity contribution < 1.29 is 4.79 Å². The lowest BCUT2D eigenvalue weighted by Crippen LogP contribution is -2.36. The number of benzene rings is 1. The van der Waals surface area contributed by atoms with E-state index in [9.17, 15) is 4.79 Å². The molecule has 0 spiro atoms. The second-order valence-corrected chi connectivity index (χ2v) is 5.35. The molecule has 0 aromatic heterocycles. The molecule has 3 nitrogen and oxygen atoms in total. The average molecular weight is 297 g/mol. The van der Waals surface area contributed by atoms with Crippen molar-refractivity contribution in [2.75, 3.05) is 13.6 Å². The molecule has 20 heavy (non-hydrogen) atoms. The highest BCUT2D eigenvalue weighted by molar-refractivity contribution is 5.85. The Balaban J connectivity index is 0.00000200. The zero-order chi connectivity index (χ0) is 13.5. The largest absolute Gasteiger partial charge is 0.349 e. The summed E-state index contributed by atoms with van der Waals surface area (Å²) in [7, 11) is 1.92. The van der Waals surface area contributed by atoms with Gasteiger partial charge in [0.05, 0.1) is 6.04 Å². The molecule has 0 radical (unpaired) electrons. The Morgan fingerprint density at radius 3 is 2.55 bits per heavy atom. The van der Waals surface area contributed by atoms with Gasteiger partial charge < -0.3 is 10.6 Å². The zero-order valence-corrected chi connectivity index (χ0v) is 12.9. The van der Waals surface area contributed by atoms with Gasteiger partial charge in [-0.3, -0.25) is 4.79 Å². The summed E-state index contributed by atoms with van der Waals surface area (Å²) in [5.41, 5.74) is 1.24. The van der Waals surface area contributed by atoms with E-state index in [4.69, 9.17) is 0 Å². The molecule has 1 aromatic carbocycles. The van der Waals surface area contributed by atoms with Crippen LogP contribution >= 0.6 is 12.4 Å². The van der Waals surface area contributed by atoms with E-state index in [1.165, 1.54) is 24.8 Å². The first-order valence-corrected chi connectivity index (χ1v) is 7.30. The number of halogens is 1.